The molecule has 0 saturated carbocycles. The monoisotopic (exact) mass is 1920 g/mol. The van der Waals surface area contributed by atoms with Gasteiger partial charge in [-0.05, 0) is 253 Å². The van der Waals surface area contributed by atoms with Crippen LogP contribution in [0, 0.1) is 21.4 Å². The van der Waals surface area contributed by atoms with Gasteiger partial charge in [0.25, 0.3) is 10.5 Å². The summed E-state index contributed by atoms with van der Waals surface area (Å²) in [5.41, 5.74) is 3.20. The van der Waals surface area contributed by atoms with Crippen molar-refractivity contribution in [1.82, 2.24) is 35.0 Å². The lowest BCUT2D eigenvalue weighted by Crippen LogP contribution is -3.00. The Labute approximate surface area is 762 Å². The Morgan fingerprint density at radius 3 is 1.12 bits per heavy atom. The van der Waals surface area contributed by atoms with Gasteiger partial charge in [0, 0.05) is 42.3 Å². The van der Waals surface area contributed by atoms with E-state index in [4.69, 9.17) is 111 Å². The fourth-order valence-electron chi connectivity index (χ4n) is 9.00. The fourth-order valence-corrected chi connectivity index (χ4v) is 13.0. The molecule has 684 valence electrons. The van der Waals surface area contributed by atoms with Gasteiger partial charge in [0.05, 0.1) is 15.9 Å². The van der Waals surface area contributed by atoms with E-state index in [1.54, 1.807) is 203 Å². The zero-order valence-corrected chi connectivity index (χ0v) is 79.8. The van der Waals surface area contributed by atoms with Crippen LogP contribution in [-0.4, -0.2) is 157 Å². The molecule has 9 N–H and O–H groups in total. The second-order valence-electron chi connectivity index (χ2n) is 33.8. The quantitative estimate of drug-likeness (QED) is 0.00455. The smallest absolute Gasteiger partial charge is 0.408 e. The molecule has 0 fully saturated rings. The highest BCUT2D eigenvalue weighted by molar-refractivity contribution is 7.68. The molecule has 0 bridgehead atoms. The lowest BCUT2D eigenvalue weighted by atomic mass is 10.0. The molecule has 0 saturated heterocycles. The second-order valence-corrected chi connectivity index (χ2v) is 39.7. The predicted molar refractivity (Wildman–Crippen MR) is 473 cm³/mol. The van der Waals surface area contributed by atoms with E-state index >= 15 is 0 Å². The molecular formula is C80H111Cl6N11O22S4. The molecule has 3 heterocycles. The average Bonchev–Trinajstić information content (AvgIpc) is 1.71. The number of nitro benzene ring substituents is 1. The SMILES string of the molecule is C.CC(C)(C)OC(=O)N[C@@H](Cc1ccc(N)c(O)c1)C(=O)OC(C)(C)C.CC(C)(C)OC(=O)N[C@@H](Cc1ccc(N=c2ssnc2Cl)c(O)c1)C(=O)OC(C)(C)C.CC(C)(C)OC(=O)N[C@@H](Cc1ccc([N+](=O)[O-])c(O)c1)C(=O)OC(C)(C)C.CC(C)(C)OC(=O)N[C@@H](Cc1ccc2nc(C#N)oc2c1)C(=O)OC(C)(C)C.ClCCl.Clc1ns[s+]c1Cl.[Cl-]. The Morgan fingerprint density at radius 1 is 0.520 bits per heavy atom. The predicted octanol–water partition coefficient (Wildman–Crippen LogP) is 15.7. The van der Waals surface area contributed by atoms with Gasteiger partial charge in [0.2, 0.25) is 5.15 Å². The number of nitrogens with one attached hydrogen (secondary N) is 4. The van der Waals surface area contributed by atoms with Crippen LogP contribution in [0.25, 0.3) is 11.1 Å². The minimum Gasteiger partial charge on any atom is -1.00 e. The molecule has 3 aromatic heterocycles. The number of ether oxygens (including phenoxy) is 8. The first-order valence-electron chi connectivity index (χ1n) is 36.7. The molecule has 0 aliphatic rings. The normalized spacial score (nSPS) is 12.5. The summed E-state index contributed by atoms with van der Waals surface area (Å²) in [6.07, 6.45) is -2.64. The number of oxazole rings is 1. The van der Waals surface area contributed by atoms with Gasteiger partial charge in [0.15, 0.2) is 27.2 Å². The van der Waals surface area contributed by atoms with Crippen molar-refractivity contribution in [1.29, 1.82) is 5.26 Å². The number of nitriles is 1. The number of amides is 4. The molecule has 4 amide bonds. The zero-order chi connectivity index (χ0) is 92.9. The molecule has 33 nitrogen and oxygen atoms in total. The van der Waals surface area contributed by atoms with E-state index < -0.39 is 134 Å². The first-order chi connectivity index (χ1) is 55.3. The van der Waals surface area contributed by atoms with Crippen LogP contribution in [-0.2, 0) is 82.8 Å². The van der Waals surface area contributed by atoms with E-state index in [0.29, 0.717) is 53.2 Å². The largest absolute Gasteiger partial charge is 1.00 e. The van der Waals surface area contributed by atoms with E-state index in [9.17, 15) is 63.8 Å². The number of nitrogen functional groups attached to an aromatic ring is 1. The van der Waals surface area contributed by atoms with Gasteiger partial charge in [-0.1, -0.05) is 54.9 Å². The van der Waals surface area contributed by atoms with Gasteiger partial charge >= 0.3 is 74.5 Å². The van der Waals surface area contributed by atoms with Crippen molar-refractivity contribution in [2.24, 2.45) is 4.99 Å². The minimum atomic E-state index is -1.10. The summed E-state index contributed by atoms with van der Waals surface area (Å²) in [5, 5.41) is 60.5. The summed E-state index contributed by atoms with van der Waals surface area (Å²) in [6, 6.07) is 16.1. The average molecular weight is 1920 g/mol. The van der Waals surface area contributed by atoms with Crippen LogP contribution < -0.4 is 44.1 Å². The van der Waals surface area contributed by atoms with Crippen LogP contribution in [0.1, 0.15) is 202 Å². The minimum absolute atomic E-state index is 0. The van der Waals surface area contributed by atoms with E-state index in [1.807, 2.05) is 6.07 Å². The number of esters is 4. The van der Waals surface area contributed by atoms with Crippen molar-refractivity contribution < 1.29 is 113 Å². The van der Waals surface area contributed by atoms with Crippen LogP contribution in [0.4, 0.5) is 36.2 Å². The zero-order valence-electron chi connectivity index (χ0n) is 72.0. The number of carbonyl (C=O) groups excluding carboxylic acids is 8. The number of carbonyl (C=O) groups is 8. The maximum atomic E-state index is 12.7. The van der Waals surface area contributed by atoms with Crippen molar-refractivity contribution in [2.45, 2.75) is 268 Å². The number of anilines is 1. The number of aromatic nitrogens is 3. The Morgan fingerprint density at radius 2 is 0.846 bits per heavy atom. The lowest BCUT2D eigenvalue weighted by molar-refractivity contribution is -0.385. The second kappa shape index (κ2) is 50.1. The number of phenols is 3. The maximum Gasteiger partial charge on any atom is 0.408 e. The molecule has 0 unspecified atom stereocenters. The summed E-state index contributed by atoms with van der Waals surface area (Å²) >= 11 is 26.3. The first-order valence-corrected chi connectivity index (χ1v) is 43.1. The highest BCUT2D eigenvalue weighted by Gasteiger charge is 2.35. The summed E-state index contributed by atoms with van der Waals surface area (Å²) in [7, 11) is 5.15. The van der Waals surface area contributed by atoms with E-state index in [-0.39, 0.29) is 79.1 Å². The number of hydrogen-bond acceptors (Lipinski definition) is 31. The number of alkyl halides is 2. The number of benzene rings is 4. The molecule has 7 rings (SSSR count). The number of halogens is 6. The summed E-state index contributed by atoms with van der Waals surface area (Å²) in [5.74, 6) is -3.20. The molecule has 0 radical (unpaired) electrons. The highest BCUT2D eigenvalue weighted by atomic mass is 35.5. The molecule has 4 atom stereocenters. The number of nitrogens with zero attached hydrogens (tertiary/aromatic N) is 6. The maximum absolute atomic E-state index is 12.7. The first kappa shape index (κ1) is 114. The molecule has 7 aromatic rings. The topological polar surface area (TPSA) is 476 Å². The van der Waals surface area contributed by atoms with Crippen molar-refractivity contribution in [3.05, 3.63) is 130 Å². The Kier molecular flexibility index (Phi) is 46.4. The molecule has 0 aliphatic carbocycles. The van der Waals surface area contributed by atoms with Crippen molar-refractivity contribution in [3.63, 3.8) is 0 Å². The number of fused-ring (bicyclic) bond motifs is 1. The van der Waals surface area contributed by atoms with Gasteiger partial charge in [-0.3, -0.25) is 10.1 Å². The Balaban J connectivity index is 0.00000155. The van der Waals surface area contributed by atoms with Gasteiger partial charge in [-0.25, -0.2) is 43.3 Å². The number of alkyl carbamates (subject to hydrolysis) is 4. The molecule has 43 heteroatoms. The third-order valence-electron chi connectivity index (χ3n) is 13.2. The molecular weight excluding hydrogens is 1810 g/mol. The van der Waals surface area contributed by atoms with Crippen molar-refractivity contribution >= 4 is 176 Å². The van der Waals surface area contributed by atoms with E-state index in [0.717, 1.165) is 6.07 Å². The number of hydrogen-bond donors (Lipinski definition) is 8. The van der Waals surface area contributed by atoms with Crippen LogP contribution in [0.2, 0.25) is 14.6 Å². The Bertz CT molecular complexity index is 4760. The molecule has 4 aromatic carbocycles. The number of phenolic OH excluding ortho intramolecular Hbond substituents is 3. The molecule has 0 spiro atoms. The lowest BCUT2D eigenvalue weighted by Gasteiger charge is -2.26. The van der Waals surface area contributed by atoms with Gasteiger partial charge in [-0.2, -0.15) is 14.6 Å². The third kappa shape index (κ3) is 48.7. The van der Waals surface area contributed by atoms with Crippen LogP contribution >= 0.6 is 99.8 Å². The third-order valence-corrected chi connectivity index (χ3v) is 18.3. The van der Waals surface area contributed by atoms with Gasteiger partial charge in [0.1, 0.15) is 91.7 Å². The van der Waals surface area contributed by atoms with Gasteiger partial charge < -0.3 is 97.0 Å². The van der Waals surface area contributed by atoms with Crippen LogP contribution in [0.3, 0.4) is 0 Å². The summed E-state index contributed by atoms with van der Waals surface area (Å²) in [6.45, 7) is 41.4. The number of nitrogens with two attached hydrogens (primary N) is 1. The van der Waals surface area contributed by atoms with Gasteiger partial charge in [-0.15, -0.1) is 27.6 Å². The van der Waals surface area contributed by atoms with Crippen LogP contribution in [0.15, 0.2) is 82.2 Å². The van der Waals surface area contributed by atoms with Crippen LogP contribution in [0.5, 0.6) is 17.2 Å². The number of nitro groups is 1. The highest BCUT2D eigenvalue weighted by Crippen LogP contribution is 2.32. The van der Waals surface area contributed by atoms with E-state index in [2.05, 4.69) is 40.0 Å². The standard InChI is InChI=1S/C20H26ClN3O5S2.C20H25N3O5.C18H26N2O7.C18H28N2O5.C2Cl2NS2.CH2Cl2.CH4.ClH/c1-19(2,3)28-17(26)13(23-18(27)29-20(4,5)6)9-11-7-8-12(14(25)10-11)22-16-15(21)24-31-30-16;1-19(2,3)27-17(24)14(23-18(25)28-20(4,5)6)9-12-7-8-13-15(10-12)26-16(11-21)22-13;1-17(2,3)26-15(22)12(19-16(23)27-18(4,5)6)9-11-7-8-13(20(24)25)14(21)10-11;1-17(2,3)24-15(22)13(20-16(23)25-18(4,5)6)9-11-7-8-12(19)14(21)10-11;3-1-2(4)6-7-5-1;2-1-3;;/h7-8,10,13,25H,9H2,1-6H3,(H,23,27);7-8,10,14H,9H2,1-6H3,(H,23,25);7-8,10,12,21H,9H2,1-6H3,(H,19,23);7-8,10,13,21H,9,19H2,1-6H3,(H,20,23);;1H2;1H4;1H/q;;;;+1;;;/p-1/t13-;14-;12-;13-;;;;/m0000..../s1. The molecule has 0 aliphatic heterocycles. The Hall–Kier alpha value is -9.10. The molecule has 123 heavy (non-hydrogen) atoms. The summed E-state index contributed by atoms with van der Waals surface area (Å²) < 4.78 is 56.5. The van der Waals surface area contributed by atoms with Crippen molar-refractivity contribution in [2.75, 3.05) is 11.1 Å². The van der Waals surface area contributed by atoms with E-state index in [1.165, 1.54) is 72.1 Å². The number of rotatable bonds is 18. The summed E-state index contributed by atoms with van der Waals surface area (Å²) in [4.78, 5) is 117. The van der Waals surface area contributed by atoms with Crippen molar-refractivity contribution in [3.8, 4) is 23.3 Å². The fraction of sp³-hybridized carbons (Fsp3) is 0.525. The number of aromatic hydroxyl groups is 3.